The Bertz CT molecular complexity index is 526. The molecule has 100 valence electrons. The number of hydrogen-bond donors (Lipinski definition) is 1. The number of carbonyl (C=O) groups excluding carboxylic acids is 1. The highest BCUT2D eigenvalue weighted by Crippen LogP contribution is 2.15. The van der Waals surface area contributed by atoms with Crippen LogP contribution in [0.4, 0.5) is 8.78 Å². The first-order valence-electron chi connectivity index (χ1n) is 5.50. The van der Waals surface area contributed by atoms with E-state index in [9.17, 15) is 13.6 Å². The molecule has 0 saturated carbocycles. The van der Waals surface area contributed by atoms with Crippen molar-refractivity contribution in [2.75, 3.05) is 0 Å². The Hall–Kier alpha value is -1.95. The molecule has 0 aliphatic heterocycles. The van der Waals surface area contributed by atoms with Gasteiger partial charge in [0.15, 0.2) is 0 Å². The second-order valence-corrected chi connectivity index (χ2v) is 4.63. The highest BCUT2D eigenvalue weighted by atomic mass is 32.1. The zero-order valence-corrected chi connectivity index (χ0v) is 10.6. The molecule has 1 N–H and O–H groups in total. The van der Waals surface area contributed by atoms with Gasteiger partial charge in [0.05, 0.1) is 4.88 Å². The number of benzene rings is 1. The van der Waals surface area contributed by atoms with Gasteiger partial charge in [-0.3, -0.25) is 4.79 Å². The first-order valence-corrected chi connectivity index (χ1v) is 6.38. The molecule has 0 saturated heterocycles. The predicted octanol–water partition coefficient (Wildman–Crippen LogP) is 3.28. The number of thiophene rings is 1. The molecule has 0 bridgehead atoms. The van der Waals surface area contributed by atoms with Crippen LogP contribution in [0.1, 0.15) is 15.2 Å². The maximum atomic E-state index is 12.0. The summed E-state index contributed by atoms with van der Waals surface area (Å²) >= 11 is 1.36. The van der Waals surface area contributed by atoms with Gasteiger partial charge in [0, 0.05) is 6.54 Å². The van der Waals surface area contributed by atoms with Crippen molar-refractivity contribution in [2.45, 2.75) is 13.2 Å². The second kappa shape index (κ2) is 6.29. The molecule has 0 radical (unpaired) electrons. The largest absolute Gasteiger partial charge is 0.435 e. The van der Waals surface area contributed by atoms with Crippen LogP contribution >= 0.6 is 11.3 Å². The first-order chi connectivity index (χ1) is 9.15. The summed E-state index contributed by atoms with van der Waals surface area (Å²) in [5.41, 5.74) is 0.812. The van der Waals surface area contributed by atoms with Gasteiger partial charge in [-0.05, 0) is 29.1 Å². The maximum Gasteiger partial charge on any atom is 0.387 e. The third-order valence-electron chi connectivity index (χ3n) is 2.35. The fourth-order valence-electron chi connectivity index (χ4n) is 1.47. The molecule has 0 atom stereocenters. The smallest absolute Gasteiger partial charge is 0.387 e. The van der Waals surface area contributed by atoms with E-state index in [-0.39, 0.29) is 11.7 Å². The quantitative estimate of drug-likeness (QED) is 0.914. The zero-order valence-electron chi connectivity index (χ0n) is 9.81. The third kappa shape index (κ3) is 4.03. The molecule has 2 aromatic rings. The van der Waals surface area contributed by atoms with Crippen LogP contribution in [0, 0.1) is 0 Å². The van der Waals surface area contributed by atoms with Crippen molar-refractivity contribution in [2.24, 2.45) is 0 Å². The summed E-state index contributed by atoms with van der Waals surface area (Å²) in [5.74, 6) is -0.0498. The molecule has 1 amide bonds. The van der Waals surface area contributed by atoms with Crippen LogP contribution in [-0.2, 0) is 6.54 Å². The van der Waals surface area contributed by atoms with E-state index in [1.807, 2.05) is 5.38 Å². The third-order valence-corrected chi connectivity index (χ3v) is 3.22. The van der Waals surface area contributed by atoms with Crippen LogP contribution < -0.4 is 10.1 Å². The summed E-state index contributed by atoms with van der Waals surface area (Å²) in [6.07, 6.45) is 0. The SMILES string of the molecule is O=C(NCc1ccc(OC(F)F)cc1)c1cccs1. The predicted molar refractivity (Wildman–Crippen MR) is 68.6 cm³/mol. The van der Waals surface area contributed by atoms with Crippen LogP contribution in [0.5, 0.6) is 5.75 Å². The van der Waals surface area contributed by atoms with E-state index in [1.54, 1.807) is 24.3 Å². The van der Waals surface area contributed by atoms with E-state index in [4.69, 9.17) is 0 Å². The zero-order chi connectivity index (χ0) is 13.7. The Balaban J connectivity index is 1.88. The Morgan fingerprint density at radius 1 is 1.26 bits per heavy atom. The van der Waals surface area contributed by atoms with Crippen LogP contribution in [-0.4, -0.2) is 12.5 Å². The molecule has 0 aliphatic carbocycles. The van der Waals surface area contributed by atoms with E-state index in [1.165, 1.54) is 23.5 Å². The number of nitrogens with one attached hydrogen (secondary N) is 1. The summed E-state index contributed by atoms with van der Waals surface area (Å²) in [4.78, 5) is 12.3. The molecule has 19 heavy (non-hydrogen) atoms. The number of hydrogen-bond acceptors (Lipinski definition) is 3. The van der Waals surface area contributed by atoms with Crippen molar-refractivity contribution in [3.8, 4) is 5.75 Å². The lowest BCUT2D eigenvalue weighted by molar-refractivity contribution is -0.0498. The van der Waals surface area contributed by atoms with Crippen molar-refractivity contribution in [1.82, 2.24) is 5.32 Å². The van der Waals surface area contributed by atoms with Crippen molar-refractivity contribution in [3.05, 3.63) is 52.2 Å². The molecule has 0 fully saturated rings. The molecular formula is C13H11F2NO2S. The number of halogens is 2. The normalized spacial score (nSPS) is 10.5. The highest BCUT2D eigenvalue weighted by Gasteiger charge is 2.06. The standard InChI is InChI=1S/C13H11F2NO2S/c14-13(15)18-10-5-3-9(4-6-10)8-16-12(17)11-2-1-7-19-11/h1-7,13H,8H2,(H,16,17). The topological polar surface area (TPSA) is 38.3 Å². The van der Waals surface area contributed by atoms with Crippen molar-refractivity contribution >= 4 is 17.2 Å². The van der Waals surface area contributed by atoms with E-state index in [0.717, 1.165) is 5.56 Å². The van der Waals surface area contributed by atoms with Crippen molar-refractivity contribution < 1.29 is 18.3 Å². The van der Waals surface area contributed by atoms with E-state index < -0.39 is 6.61 Å². The average molecular weight is 283 g/mol. The van der Waals surface area contributed by atoms with Gasteiger partial charge in [-0.1, -0.05) is 18.2 Å². The molecule has 0 aliphatic rings. The number of ether oxygens (including phenoxy) is 1. The Morgan fingerprint density at radius 2 is 2.00 bits per heavy atom. The summed E-state index contributed by atoms with van der Waals surface area (Å²) in [5, 5.41) is 4.57. The Morgan fingerprint density at radius 3 is 2.58 bits per heavy atom. The lowest BCUT2D eigenvalue weighted by atomic mass is 10.2. The van der Waals surface area contributed by atoms with Crippen LogP contribution in [0.2, 0.25) is 0 Å². The van der Waals surface area contributed by atoms with E-state index >= 15 is 0 Å². The Labute approximate surface area is 112 Å². The van der Waals surface area contributed by atoms with Gasteiger partial charge in [0.1, 0.15) is 5.75 Å². The molecule has 1 aromatic carbocycles. The molecule has 1 aromatic heterocycles. The minimum atomic E-state index is -2.83. The molecule has 0 unspecified atom stereocenters. The minimum Gasteiger partial charge on any atom is -0.435 e. The highest BCUT2D eigenvalue weighted by molar-refractivity contribution is 7.12. The lowest BCUT2D eigenvalue weighted by Gasteiger charge is -2.06. The fourth-order valence-corrected chi connectivity index (χ4v) is 2.11. The van der Waals surface area contributed by atoms with Gasteiger partial charge in [-0.25, -0.2) is 0 Å². The molecular weight excluding hydrogens is 272 g/mol. The summed E-state index contributed by atoms with van der Waals surface area (Å²) in [6, 6.07) is 9.69. The van der Waals surface area contributed by atoms with E-state index in [2.05, 4.69) is 10.1 Å². The number of alkyl halides is 2. The van der Waals surface area contributed by atoms with Crippen LogP contribution in [0.15, 0.2) is 41.8 Å². The summed E-state index contributed by atoms with van der Waals surface area (Å²) in [6.45, 7) is -2.49. The van der Waals surface area contributed by atoms with Gasteiger partial charge in [-0.2, -0.15) is 8.78 Å². The number of amides is 1. The van der Waals surface area contributed by atoms with Crippen molar-refractivity contribution in [1.29, 1.82) is 0 Å². The second-order valence-electron chi connectivity index (χ2n) is 3.68. The van der Waals surface area contributed by atoms with Gasteiger partial charge in [0.2, 0.25) is 0 Å². The molecule has 1 heterocycles. The average Bonchev–Trinajstić information content (AvgIpc) is 2.91. The van der Waals surface area contributed by atoms with Gasteiger partial charge >= 0.3 is 6.61 Å². The van der Waals surface area contributed by atoms with Gasteiger partial charge < -0.3 is 10.1 Å². The number of carbonyl (C=O) groups is 1. The van der Waals surface area contributed by atoms with E-state index in [0.29, 0.717) is 11.4 Å². The monoisotopic (exact) mass is 283 g/mol. The molecule has 0 spiro atoms. The molecule has 2 rings (SSSR count). The fraction of sp³-hybridized carbons (Fsp3) is 0.154. The van der Waals surface area contributed by atoms with Crippen LogP contribution in [0.3, 0.4) is 0 Å². The summed E-state index contributed by atoms with van der Waals surface area (Å²) < 4.78 is 28.1. The summed E-state index contributed by atoms with van der Waals surface area (Å²) in [7, 11) is 0. The van der Waals surface area contributed by atoms with Gasteiger partial charge in [-0.15, -0.1) is 11.3 Å². The Kier molecular flexibility index (Phi) is 4.46. The molecule has 6 heteroatoms. The first kappa shape index (κ1) is 13.5. The lowest BCUT2D eigenvalue weighted by Crippen LogP contribution is -2.21. The molecule has 3 nitrogen and oxygen atoms in total. The minimum absolute atomic E-state index is 0.100. The van der Waals surface area contributed by atoms with Gasteiger partial charge in [0.25, 0.3) is 5.91 Å². The van der Waals surface area contributed by atoms with Crippen molar-refractivity contribution in [3.63, 3.8) is 0 Å². The van der Waals surface area contributed by atoms with Crippen LogP contribution in [0.25, 0.3) is 0 Å². The maximum absolute atomic E-state index is 12.0. The number of rotatable bonds is 5.